The lowest BCUT2D eigenvalue weighted by molar-refractivity contribution is 0.409. The summed E-state index contributed by atoms with van der Waals surface area (Å²) in [5.74, 6) is 2.77. The standard InChI is InChI=1S/C24H21NO2/c1-15-23(17-8-4-6-10-20(17)25(15)2)24-18-9-5-7-11-21(18)27-22-13-12-16(26-3)14-19(22)24/h4-14,24H,1-3H3. The van der Waals surface area contributed by atoms with Crippen molar-refractivity contribution >= 4 is 10.9 Å². The second kappa shape index (κ2) is 5.92. The average molecular weight is 355 g/mol. The first-order chi connectivity index (χ1) is 13.2. The third-order valence-electron chi connectivity index (χ3n) is 5.72. The molecule has 0 bridgehead atoms. The molecule has 0 amide bonds. The fourth-order valence-electron chi connectivity index (χ4n) is 4.30. The first-order valence-electron chi connectivity index (χ1n) is 9.17. The lowest BCUT2D eigenvalue weighted by Crippen LogP contribution is -2.12. The molecular formula is C24H21NO2. The summed E-state index contributed by atoms with van der Waals surface area (Å²) in [5.41, 5.74) is 6.19. The van der Waals surface area contributed by atoms with Crippen LogP contribution in [-0.2, 0) is 7.05 Å². The predicted molar refractivity (Wildman–Crippen MR) is 108 cm³/mol. The Morgan fingerprint density at radius 3 is 2.48 bits per heavy atom. The van der Waals surface area contributed by atoms with E-state index in [1.807, 2.05) is 18.2 Å². The molecule has 1 aliphatic rings. The minimum absolute atomic E-state index is 0.103. The molecule has 0 saturated heterocycles. The number of para-hydroxylation sites is 2. The van der Waals surface area contributed by atoms with Gasteiger partial charge in [0.05, 0.1) is 7.11 Å². The molecule has 0 aliphatic carbocycles. The number of hydrogen-bond donors (Lipinski definition) is 0. The van der Waals surface area contributed by atoms with E-state index in [0.717, 1.165) is 22.8 Å². The number of rotatable bonds is 2. The number of hydrogen-bond acceptors (Lipinski definition) is 2. The molecule has 1 aliphatic heterocycles. The number of methoxy groups -OCH3 is 1. The van der Waals surface area contributed by atoms with Gasteiger partial charge in [0.25, 0.3) is 0 Å². The zero-order valence-corrected chi connectivity index (χ0v) is 15.7. The van der Waals surface area contributed by atoms with Crippen LogP contribution in [0.2, 0.25) is 0 Å². The van der Waals surface area contributed by atoms with E-state index in [1.54, 1.807) is 7.11 Å². The summed E-state index contributed by atoms with van der Waals surface area (Å²) in [6.45, 7) is 2.20. The summed E-state index contributed by atoms with van der Waals surface area (Å²) in [5, 5.41) is 1.29. The molecule has 0 fully saturated rings. The molecule has 0 N–H and O–H groups in total. The van der Waals surface area contributed by atoms with Gasteiger partial charge < -0.3 is 14.0 Å². The molecule has 27 heavy (non-hydrogen) atoms. The Hall–Kier alpha value is -3.20. The highest BCUT2D eigenvalue weighted by Crippen LogP contribution is 2.50. The van der Waals surface area contributed by atoms with Crippen LogP contribution in [0.5, 0.6) is 17.2 Å². The van der Waals surface area contributed by atoms with E-state index in [-0.39, 0.29) is 5.92 Å². The second-order valence-corrected chi connectivity index (χ2v) is 7.05. The molecule has 5 rings (SSSR count). The molecule has 2 heterocycles. The van der Waals surface area contributed by atoms with Gasteiger partial charge in [0.15, 0.2) is 0 Å². The van der Waals surface area contributed by atoms with Crippen molar-refractivity contribution in [1.29, 1.82) is 0 Å². The van der Waals surface area contributed by atoms with Gasteiger partial charge in [-0.2, -0.15) is 0 Å². The fraction of sp³-hybridized carbons (Fsp3) is 0.167. The second-order valence-electron chi connectivity index (χ2n) is 7.05. The van der Waals surface area contributed by atoms with Gasteiger partial charge in [-0.25, -0.2) is 0 Å². The topological polar surface area (TPSA) is 23.4 Å². The summed E-state index contributed by atoms with van der Waals surface area (Å²) in [7, 11) is 3.84. The van der Waals surface area contributed by atoms with Crippen LogP contribution >= 0.6 is 0 Å². The van der Waals surface area contributed by atoms with Crippen LogP contribution in [0, 0.1) is 6.92 Å². The predicted octanol–water partition coefficient (Wildman–Crippen LogP) is 5.78. The van der Waals surface area contributed by atoms with Crippen molar-refractivity contribution < 1.29 is 9.47 Å². The minimum atomic E-state index is 0.103. The van der Waals surface area contributed by atoms with Gasteiger partial charge in [-0.3, -0.25) is 0 Å². The van der Waals surface area contributed by atoms with Crippen LogP contribution in [0.4, 0.5) is 0 Å². The minimum Gasteiger partial charge on any atom is -0.497 e. The van der Waals surface area contributed by atoms with Crippen LogP contribution in [-0.4, -0.2) is 11.7 Å². The van der Waals surface area contributed by atoms with Crippen molar-refractivity contribution in [2.75, 3.05) is 7.11 Å². The van der Waals surface area contributed by atoms with E-state index in [4.69, 9.17) is 9.47 Å². The molecule has 0 spiro atoms. The molecule has 4 aromatic rings. The van der Waals surface area contributed by atoms with Gasteiger partial charge in [-0.1, -0.05) is 36.4 Å². The lowest BCUT2D eigenvalue weighted by Gasteiger charge is -2.29. The van der Waals surface area contributed by atoms with Crippen molar-refractivity contribution in [3.63, 3.8) is 0 Å². The van der Waals surface area contributed by atoms with Gasteiger partial charge >= 0.3 is 0 Å². The SMILES string of the molecule is COc1ccc2c(c1)C(c1c(C)n(C)c3ccccc13)c1ccccc1O2. The Kier molecular flexibility index (Phi) is 3.51. The highest BCUT2D eigenvalue weighted by molar-refractivity contribution is 5.88. The van der Waals surface area contributed by atoms with Crippen LogP contribution in [0.3, 0.4) is 0 Å². The van der Waals surface area contributed by atoms with Crippen LogP contribution in [0.1, 0.15) is 28.3 Å². The third kappa shape index (κ3) is 2.28. The Balaban J connectivity index is 1.87. The maximum atomic E-state index is 6.23. The Morgan fingerprint density at radius 2 is 1.63 bits per heavy atom. The third-order valence-corrected chi connectivity index (χ3v) is 5.72. The van der Waals surface area contributed by atoms with E-state index < -0.39 is 0 Å². The molecule has 0 radical (unpaired) electrons. The summed E-state index contributed by atoms with van der Waals surface area (Å²) >= 11 is 0. The maximum Gasteiger partial charge on any atom is 0.131 e. The first-order valence-corrected chi connectivity index (χ1v) is 9.17. The summed E-state index contributed by atoms with van der Waals surface area (Å²) < 4.78 is 14.0. The van der Waals surface area contributed by atoms with E-state index in [9.17, 15) is 0 Å². The Morgan fingerprint density at radius 1 is 0.889 bits per heavy atom. The molecular weight excluding hydrogens is 334 g/mol. The molecule has 3 heteroatoms. The quantitative estimate of drug-likeness (QED) is 0.401. The molecule has 1 aromatic heterocycles. The van der Waals surface area contributed by atoms with Crippen LogP contribution in [0.15, 0.2) is 66.7 Å². The monoisotopic (exact) mass is 355 g/mol. The van der Waals surface area contributed by atoms with E-state index in [0.29, 0.717) is 0 Å². The van der Waals surface area contributed by atoms with Gasteiger partial charge in [0.1, 0.15) is 17.2 Å². The number of benzene rings is 3. The molecule has 1 atom stereocenters. The van der Waals surface area contributed by atoms with Crippen LogP contribution in [0.25, 0.3) is 10.9 Å². The van der Waals surface area contributed by atoms with Crippen molar-refractivity contribution in [2.45, 2.75) is 12.8 Å². The van der Waals surface area contributed by atoms with Crippen molar-refractivity contribution in [2.24, 2.45) is 7.05 Å². The molecule has 134 valence electrons. The summed E-state index contributed by atoms with van der Waals surface area (Å²) in [6, 6.07) is 23.0. The van der Waals surface area contributed by atoms with E-state index in [2.05, 4.69) is 67.1 Å². The molecule has 3 aromatic carbocycles. The van der Waals surface area contributed by atoms with Gasteiger partial charge in [-0.05, 0) is 42.8 Å². The highest BCUT2D eigenvalue weighted by atomic mass is 16.5. The molecule has 0 saturated carbocycles. The first kappa shape index (κ1) is 16.0. The van der Waals surface area contributed by atoms with Crippen molar-refractivity contribution in [1.82, 2.24) is 4.57 Å². The Bertz CT molecular complexity index is 1170. The zero-order chi connectivity index (χ0) is 18.5. The summed E-state index contributed by atoms with van der Waals surface area (Å²) in [6.07, 6.45) is 0. The van der Waals surface area contributed by atoms with Gasteiger partial charge in [0.2, 0.25) is 0 Å². The van der Waals surface area contributed by atoms with E-state index >= 15 is 0 Å². The smallest absolute Gasteiger partial charge is 0.131 e. The number of ether oxygens (including phenoxy) is 2. The van der Waals surface area contributed by atoms with Gasteiger partial charge in [-0.15, -0.1) is 0 Å². The summed E-state index contributed by atoms with van der Waals surface area (Å²) in [4.78, 5) is 0. The normalized spacial score (nSPS) is 15.1. The number of aromatic nitrogens is 1. The largest absolute Gasteiger partial charge is 0.497 e. The number of fused-ring (bicyclic) bond motifs is 3. The van der Waals surface area contributed by atoms with E-state index in [1.165, 1.54) is 27.7 Å². The fourth-order valence-corrected chi connectivity index (χ4v) is 4.30. The molecule has 3 nitrogen and oxygen atoms in total. The number of aryl methyl sites for hydroxylation is 1. The highest BCUT2D eigenvalue weighted by Gasteiger charge is 2.32. The van der Waals surface area contributed by atoms with Crippen molar-refractivity contribution in [3.8, 4) is 17.2 Å². The maximum absolute atomic E-state index is 6.23. The number of nitrogens with zero attached hydrogens (tertiary/aromatic N) is 1. The average Bonchev–Trinajstić information content (AvgIpc) is 2.96. The van der Waals surface area contributed by atoms with Crippen molar-refractivity contribution in [3.05, 3.63) is 89.1 Å². The van der Waals surface area contributed by atoms with Gasteiger partial charge in [0, 0.05) is 40.7 Å². The molecule has 1 unspecified atom stereocenters. The Labute approximate surface area is 158 Å². The van der Waals surface area contributed by atoms with Crippen LogP contribution < -0.4 is 9.47 Å². The lowest BCUT2D eigenvalue weighted by atomic mass is 9.81. The zero-order valence-electron chi connectivity index (χ0n) is 15.7.